The number of hydrogen-bond acceptors (Lipinski definition) is 4. The highest BCUT2D eigenvalue weighted by molar-refractivity contribution is 5.94. The van der Waals surface area contributed by atoms with Crippen LogP contribution in [0.2, 0.25) is 0 Å². The summed E-state index contributed by atoms with van der Waals surface area (Å²) >= 11 is 0. The Morgan fingerprint density at radius 1 is 1.12 bits per heavy atom. The number of rotatable bonds is 5. The van der Waals surface area contributed by atoms with Crippen molar-refractivity contribution in [1.29, 1.82) is 0 Å². The van der Waals surface area contributed by atoms with Crippen LogP contribution in [0.4, 0.5) is 0 Å². The molecule has 1 amide bonds. The van der Waals surface area contributed by atoms with Gasteiger partial charge in [-0.25, -0.2) is 0 Å². The van der Waals surface area contributed by atoms with E-state index in [1.807, 2.05) is 47.0 Å². The van der Waals surface area contributed by atoms with Gasteiger partial charge in [0.15, 0.2) is 17.4 Å². The molecule has 0 aliphatic heterocycles. The van der Waals surface area contributed by atoms with Crippen LogP contribution in [-0.2, 0) is 13.1 Å². The normalized spacial score (nSPS) is 11.4. The van der Waals surface area contributed by atoms with Crippen molar-refractivity contribution >= 4 is 17.5 Å². The Morgan fingerprint density at radius 2 is 1.96 bits per heavy atom. The Balaban J connectivity index is 1.59. The zero-order valence-corrected chi connectivity index (χ0v) is 14.7. The van der Waals surface area contributed by atoms with Gasteiger partial charge in [-0.15, -0.1) is 10.2 Å². The first-order chi connectivity index (χ1) is 12.7. The van der Waals surface area contributed by atoms with Gasteiger partial charge in [-0.1, -0.05) is 18.2 Å². The Bertz CT molecular complexity index is 932. The summed E-state index contributed by atoms with van der Waals surface area (Å²) in [6, 6.07) is 13.2. The highest BCUT2D eigenvalue weighted by Crippen LogP contribution is 2.05. The average molecular weight is 351 g/mol. The molecule has 0 saturated carbocycles. The van der Waals surface area contributed by atoms with Gasteiger partial charge in [0, 0.05) is 32.4 Å². The lowest BCUT2D eigenvalue weighted by molar-refractivity contribution is 0.0963. The zero-order chi connectivity index (χ0) is 18.4. The fourth-order valence-electron chi connectivity index (χ4n) is 2.55. The quantitative estimate of drug-likeness (QED) is 0.470. The first kappa shape index (κ1) is 17.4. The van der Waals surface area contributed by atoms with Gasteiger partial charge < -0.3 is 16.0 Å². The average Bonchev–Trinajstić information content (AvgIpc) is 3.11. The van der Waals surface area contributed by atoms with E-state index in [0.29, 0.717) is 24.6 Å². The maximum absolute atomic E-state index is 11.7. The standard InChI is InChI=1S/C18H21N7O/c1-19-17(26)14-7-5-6-13(10-14)11-21-18(20-2)22-12-16-24-23-15-8-3-4-9-25(15)16/h3-10H,11-12H2,1-2H3,(H,19,26)(H2,20,21,22). The zero-order valence-electron chi connectivity index (χ0n) is 14.7. The summed E-state index contributed by atoms with van der Waals surface area (Å²) in [5.41, 5.74) is 2.42. The highest BCUT2D eigenvalue weighted by atomic mass is 16.1. The fourth-order valence-corrected chi connectivity index (χ4v) is 2.55. The molecule has 0 fully saturated rings. The number of amides is 1. The van der Waals surface area contributed by atoms with Gasteiger partial charge in [0.05, 0.1) is 6.54 Å². The molecule has 0 radical (unpaired) electrons. The molecule has 3 N–H and O–H groups in total. The first-order valence-corrected chi connectivity index (χ1v) is 8.25. The smallest absolute Gasteiger partial charge is 0.251 e. The van der Waals surface area contributed by atoms with Crippen molar-refractivity contribution in [1.82, 2.24) is 30.5 Å². The number of benzene rings is 1. The summed E-state index contributed by atoms with van der Waals surface area (Å²) in [5.74, 6) is 1.33. The van der Waals surface area contributed by atoms with Crippen molar-refractivity contribution in [2.24, 2.45) is 4.99 Å². The van der Waals surface area contributed by atoms with Gasteiger partial charge in [0.2, 0.25) is 0 Å². The molecular weight excluding hydrogens is 330 g/mol. The van der Waals surface area contributed by atoms with Gasteiger partial charge in [-0.05, 0) is 29.8 Å². The summed E-state index contributed by atoms with van der Waals surface area (Å²) in [6.45, 7) is 1.04. The molecule has 3 aromatic rings. The molecule has 0 bridgehead atoms. The van der Waals surface area contributed by atoms with Gasteiger partial charge in [0.25, 0.3) is 5.91 Å². The number of fused-ring (bicyclic) bond motifs is 1. The van der Waals surface area contributed by atoms with Crippen LogP contribution in [0, 0.1) is 0 Å². The Labute approximate surface area is 151 Å². The molecule has 0 aliphatic carbocycles. The molecular formula is C18H21N7O. The molecule has 0 atom stereocenters. The maximum Gasteiger partial charge on any atom is 0.251 e. The Hall–Kier alpha value is -3.42. The second-order valence-electron chi connectivity index (χ2n) is 5.60. The van der Waals surface area contributed by atoms with Gasteiger partial charge in [-0.2, -0.15) is 0 Å². The lowest BCUT2D eigenvalue weighted by Crippen LogP contribution is -2.36. The topological polar surface area (TPSA) is 95.7 Å². The lowest BCUT2D eigenvalue weighted by Gasteiger charge is -2.12. The maximum atomic E-state index is 11.7. The van der Waals surface area contributed by atoms with Crippen LogP contribution in [0.3, 0.4) is 0 Å². The highest BCUT2D eigenvalue weighted by Gasteiger charge is 2.07. The summed E-state index contributed by atoms with van der Waals surface area (Å²) in [5, 5.41) is 17.4. The number of nitrogens with zero attached hydrogens (tertiary/aromatic N) is 4. The van der Waals surface area contributed by atoms with E-state index >= 15 is 0 Å². The van der Waals surface area contributed by atoms with E-state index in [4.69, 9.17) is 0 Å². The number of pyridine rings is 1. The largest absolute Gasteiger partial charge is 0.355 e. The molecule has 0 unspecified atom stereocenters. The third-order valence-corrected chi connectivity index (χ3v) is 3.90. The SMILES string of the molecule is CN=C(NCc1cccc(C(=O)NC)c1)NCc1nnc2ccccn12. The van der Waals surface area contributed by atoms with Gasteiger partial charge in [0.1, 0.15) is 0 Å². The molecule has 3 rings (SSSR count). The van der Waals surface area contributed by atoms with Crippen LogP contribution < -0.4 is 16.0 Å². The van der Waals surface area contributed by atoms with E-state index in [1.165, 1.54) is 0 Å². The number of aromatic nitrogens is 3. The van der Waals surface area contributed by atoms with Crippen molar-refractivity contribution in [2.75, 3.05) is 14.1 Å². The molecule has 134 valence electrons. The number of guanidine groups is 1. The van der Waals surface area contributed by atoms with Crippen LogP contribution in [0.15, 0.2) is 53.7 Å². The van der Waals surface area contributed by atoms with E-state index in [1.54, 1.807) is 20.2 Å². The summed E-state index contributed by atoms with van der Waals surface area (Å²) in [6.07, 6.45) is 1.92. The third-order valence-electron chi connectivity index (χ3n) is 3.90. The van der Waals surface area contributed by atoms with Crippen molar-refractivity contribution in [3.63, 3.8) is 0 Å². The summed E-state index contributed by atoms with van der Waals surface area (Å²) in [7, 11) is 3.32. The summed E-state index contributed by atoms with van der Waals surface area (Å²) < 4.78 is 1.92. The Kier molecular flexibility index (Phi) is 5.43. The van der Waals surface area contributed by atoms with Crippen LogP contribution in [-0.4, -0.2) is 40.6 Å². The van der Waals surface area contributed by atoms with Crippen LogP contribution in [0.1, 0.15) is 21.7 Å². The van der Waals surface area contributed by atoms with Gasteiger partial charge >= 0.3 is 0 Å². The molecule has 8 nitrogen and oxygen atoms in total. The fraction of sp³-hybridized carbons (Fsp3) is 0.222. The number of carbonyl (C=O) groups excluding carboxylic acids is 1. The molecule has 2 heterocycles. The number of nitrogens with one attached hydrogen (secondary N) is 3. The minimum atomic E-state index is -0.104. The lowest BCUT2D eigenvalue weighted by atomic mass is 10.1. The van der Waals surface area contributed by atoms with Crippen molar-refractivity contribution < 1.29 is 4.79 Å². The van der Waals surface area contributed by atoms with Crippen molar-refractivity contribution in [2.45, 2.75) is 13.1 Å². The predicted molar refractivity (Wildman–Crippen MR) is 99.9 cm³/mol. The van der Waals surface area contributed by atoms with E-state index in [-0.39, 0.29) is 5.91 Å². The summed E-state index contributed by atoms with van der Waals surface area (Å²) in [4.78, 5) is 15.9. The van der Waals surface area contributed by atoms with Crippen LogP contribution in [0.25, 0.3) is 5.65 Å². The second kappa shape index (κ2) is 8.11. The van der Waals surface area contributed by atoms with E-state index < -0.39 is 0 Å². The van der Waals surface area contributed by atoms with E-state index in [2.05, 4.69) is 31.1 Å². The van der Waals surface area contributed by atoms with E-state index in [0.717, 1.165) is 17.0 Å². The van der Waals surface area contributed by atoms with Crippen LogP contribution >= 0.6 is 0 Å². The molecule has 0 spiro atoms. The predicted octanol–water partition coefficient (Wildman–Crippen LogP) is 0.954. The van der Waals surface area contributed by atoms with E-state index in [9.17, 15) is 4.79 Å². The molecule has 0 aliphatic rings. The monoisotopic (exact) mass is 351 g/mol. The molecule has 26 heavy (non-hydrogen) atoms. The molecule has 2 aromatic heterocycles. The van der Waals surface area contributed by atoms with Crippen molar-refractivity contribution in [3.05, 3.63) is 65.6 Å². The second-order valence-corrected chi connectivity index (χ2v) is 5.60. The minimum Gasteiger partial charge on any atom is -0.355 e. The third kappa shape index (κ3) is 3.97. The molecule has 1 aromatic carbocycles. The number of aliphatic imine (C=N–C) groups is 1. The number of carbonyl (C=O) groups is 1. The van der Waals surface area contributed by atoms with Gasteiger partial charge in [-0.3, -0.25) is 14.2 Å². The molecule has 8 heteroatoms. The van der Waals surface area contributed by atoms with Crippen LogP contribution in [0.5, 0.6) is 0 Å². The minimum absolute atomic E-state index is 0.104. The Morgan fingerprint density at radius 3 is 2.77 bits per heavy atom. The first-order valence-electron chi connectivity index (χ1n) is 8.25. The number of hydrogen-bond donors (Lipinski definition) is 3. The molecule has 0 saturated heterocycles. The van der Waals surface area contributed by atoms with Crippen molar-refractivity contribution in [3.8, 4) is 0 Å².